The van der Waals surface area contributed by atoms with Crippen molar-refractivity contribution in [1.29, 1.82) is 0 Å². The lowest BCUT2D eigenvalue weighted by atomic mass is 10.00. The number of aliphatic hydroxyl groups excluding tert-OH is 1. The summed E-state index contributed by atoms with van der Waals surface area (Å²) in [5, 5.41) is 11.0. The van der Waals surface area contributed by atoms with Gasteiger partial charge in [0.05, 0.1) is 6.26 Å². The van der Waals surface area contributed by atoms with Gasteiger partial charge in [0.25, 0.3) is 0 Å². The average Bonchev–Trinajstić information content (AvgIpc) is 3.08. The van der Waals surface area contributed by atoms with E-state index in [4.69, 9.17) is 4.42 Å². The highest BCUT2D eigenvalue weighted by atomic mass is 19.1. The summed E-state index contributed by atoms with van der Waals surface area (Å²) in [6.07, 6.45) is 4.51. The molecule has 2 N–H and O–H groups in total. The first-order chi connectivity index (χ1) is 9.22. The zero-order valence-corrected chi connectivity index (χ0v) is 10.4. The van der Waals surface area contributed by atoms with Crippen LogP contribution >= 0.6 is 0 Å². The Morgan fingerprint density at radius 1 is 1.47 bits per heavy atom. The van der Waals surface area contributed by atoms with Crippen molar-refractivity contribution in [1.82, 2.24) is 9.97 Å². The van der Waals surface area contributed by atoms with E-state index in [-0.39, 0.29) is 5.58 Å². The Bertz CT molecular complexity index is 704. The first-order valence-corrected chi connectivity index (χ1v) is 6.08. The Morgan fingerprint density at radius 3 is 3.00 bits per heavy atom. The third-order valence-electron chi connectivity index (χ3n) is 3.24. The summed E-state index contributed by atoms with van der Waals surface area (Å²) in [7, 11) is 0. The highest BCUT2D eigenvalue weighted by molar-refractivity contribution is 5.85. The van der Waals surface area contributed by atoms with Crippen molar-refractivity contribution in [2.24, 2.45) is 0 Å². The minimum absolute atomic E-state index is 0.181. The van der Waals surface area contributed by atoms with E-state index in [1.165, 1.54) is 12.3 Å². The number of fused-ring (bicyclic) bond motifs is 1. The van der Waals surface area contributed by atoms with Crippen LogP contribution in [0.2, 0.25) is 0 Å². The summed E-state index contributed by atoms with van der Waals surface area (Å²) in [6.45, 7) is 1.96. The van der Waals surface area contributed by atoms with Crippen LogP contribution in [0.25, 0.3) is 11.0 Å². The lowest BCUT2D eigenvalue weighted by molar-refractivity contribution is 0.212. The second-order valence-electron chi connectivity index (χ2n) is 4.33. The number of imidazole rings is 1. The van der Waals surface area contributed by atoms with Gasteiger partial charge in [0.1, 0.15) is 11.9 Å². The fourth-order valence-corrected chi connectivity index (χ4v) is 2.27. The number of hydrogen-bond donors (Lipinski definition) is 2. The van der Waals surface area contributed by atoms with E-state index in [0.29, 0.717) is 23.2 Å². The molecule has 4 nitrogen and oxygen atoms in total. The number of halogens is 1. The van der Waals surface area contributed by atoms with Gasteiger partial charge in [-0.25, -0.2) is 9.37 Å². The molecule has 98 valence electrons. The molecule has 0 aliphatic heterocycles. The lowest BCUT2D eigenvalue weighted by Gasteiger charge is -2.10. The summed E-state index contributed by atoms with van der Waals surface area (Å²) in [5.41, 5.74) is 1.65. The maximum Gasteiger partial charge on any atom is 0.170 e. The van der Waals surface area contributed by atoms with Gasteiger partial charge in [-0.3, -0.25) is 0 Å². The predicted octanol–water partition coefficient (Wildman–Crippen LogP) is 2.94. The zero-order valence-electron chi connectivity index (χ0n) is 10.4. The van der Waals surface area contributed by atoms with Gasteiger partial charge in [-0.05, 0) is 23.6 Å². The van der Waals surface area contributed by atoms with Crippen LogP contribution in [0.3, 0.4) is 0 Å². The number of rotatable bonds is 3. The maximum atomic E-state index is 13.7. The molecule has 1 unspecified atom stereocenters. The van der Waals surface area contributed by atoms with Crippen LogP contribution < -0.4 is 0 Å². The predicted molar refractivity (Wildman–Crippen MR) is 68.2 cm³/mol. The molecule has 1 aromatic carbocycles. The third kappa shape index (κ3) is 1.82. The lowest BCUT2D eigenvalue weighted by Crippen LogP contribution is -2.03. The molecular weight excluding hydrogens is 247 g/mol. The van der Waals surface area contributed by atoms with Crippen LogP contribution in [-0.4, -0.2) is 15.1 Å². The van der Waals surface area contributed by atoms with Gasteiger partial charge in [-0.1, -0.05) is 13.0 Å². The molecule has 0 radical (unpaired) electrons. The number of hydrogen-bond acceptors (Lipinski definition) is 3. The van der Waals surface area contributed by atoms with E-state index in [2.05, 4.69) is 9.97 Å². The second kappa shape index (κ2) is 4.51. The van der Waals surface area contributed by atoms with Gasteiger partial charge >= 0.3 is 0 Å². The molecule has 0 fully saturated rings. The Balaban J connectivity index is 2.23. The summed E-state index contributed by atoms with van der Waals surface area (Å²) in [4.78, 5) is 6.89. The maximum absolute atomic E-state index is 13.7. The molecule has 2 heterocycles. The Labute approximate surface area is 108 Å². The molecule has 0 spiro atoms. The standard InChI is InChI=1S/C14H13FN2O2/c1-2-8-7-19-13-10(15)4-3-9(11(8)13)12(18)14-16-5-6-17-14/h3-7,12,18H,2H2,1H3,(H,16,17). The van der Waals surface area contributed by atoms with Crippen molar-refractivity contribution >= 4 is 11.0 Å². The van der Waals surface area contributed by atoms with E-state index in [1.807, 2.05) is 6.92 Å². The number of furan rings is 1. The van der Waals surface area contributed by atoms with E-state index in [9.17, 15) is 9.50 Å². The molecule has 0 saturated heterocycles. The topological polar surface area (TPSA) is 62.1 Å². The van der Waals surface area contributed by atoms with E-state index < -0.39 is 11.9 Å². The summed E-state index contributed by atoms with van der Waals surface area (Å²) in [6, 6.07) is 2.87. The summed E-state index contributed by atoms with van der Waals surface area (Å²) >= 11 is 0. The summed E-state index contributed by atoms with van der Waals surface area (Å²) in [5.74, 6) is 0.00116. The molecule has 0 saturated carbocycles. The minimum Gasteiger partial charge on any atom is -0.461 e. The molecule has 19 heavy (non-hydrogen) atoms. The Hall–Kier alpha value is -2.14. The van der Waals surface area contributed by atoms with Crippen LogP contribution in [0.15, 0.2) is 35.2 Å². The van der Waals surface area contributed by atoms with Crippen LogP contribution in [0.4, 0.5) is 4.39 Å². The number of nitrogens with zero attached hydrogens (tertiary/aromatic N) is 1. The third-order valence-corrected chi connectivity index (χ3v) is 3.24. The van der Waals surface area contributed by atoms with Crippen LogP contribution in [0.5, 0.6) is 0 Å². The average molecular weight is 260 g/mol. The SMILES string of the molecule is CCc1coc2c(F)ccc(C(O)c3ncc[nH]3)c12. The molecule has 0 aliphatic rings. The molecule has 3 rings (SSSR count). The molecular formula is C14H13FN2O2. The molecule has 5 heteroatoms. The second-order valence-corrected chi connectivity index (χ2v) is 4.33. The monoisotopic (exact) mass is 260 g/mol. The van der Waals surface area contributed by atoms with Crippen molar-refractivity contribution in [2.75, 3.05) is 0 Å². The van der Waals surface area contributed by atoms with Crippen LogP contribution in [-0.2, 0) is 6.42 Å². The number of aromatic nitrogens is 2. The molecule has 1 atom stereocenters. The van der Waals surface area contributed by atoms with Crippen molar-refractivity contribution in [3.05, 3.63) is 53.6 Å². The highest BCUT2D eigenvalue weighted by Crippen LogP contribution is 2.33. The fourth-order valence-electron chi connectivity index (χ4n) is 2.27. The van der Waals surface area contributed by atoms with Crippen molar-refractivity contribution < 1.29 is 13.9 Å². The van der Waals surface area contributed by atoms with Gasteiger partial charge in [0.15, 0.2) is 11.4 Å². The number of aromatic amines is 1. The normalized spacial score (nSPS) is 13.0. The van der Waals surface area contributed by atoms with Crippen LogP contribution in [0.1, 0.15) is 30.0 Å². The van der Waals surface area contributed by atoms with E-state index in [0.717, 1.165) is 5.56 Å². The van der Waals surface area contributed by atoms with Crippen molar-refractivity contribution in [3.63, 3.8) is 0 Å². The number of benzene rings is 1. The number of H-pyrrole nitrogens is 1. The van der Waals surface area contributed by atoms with Gasteiger partial charge in [0.2, 0.25) is 0 Å². The van der Waals surface area contributed by atoms with Gasteiger partial charge in [0, 0.05) is 17.8 Å². The summed E-state index contributed by atoms with van der Waals surface area (Å²) < 4.78 is 19.0. The van der Waals surface area contributed by atoms with Crippen molar-refractivity contribution in [2.45, 2.75) is 19.4 Å². The number of aryl methyl sites for hydroxylation is 1. The molecule has 0 bridgehead atoms. The van der Waals surface area contributed by atoms with E-state index >= 15 is 0 Å². The minimum atomic E-state index is -0.930. The first-order valence-electron chi connectivity index (χ1n) is 6.08. The first kappa shape index (κ1) is 11.9. The van der Waals surface area contributed by atoms with Gasteiger partial charge < -0.3 is 14.5 Å². The Kier molecular flexibility index (Phi) is 2.83. The molecule has 0 amide bonds. The van der Waals surface area contributed by atoms with Gasteiger partial charge in [-0.15, -0.1) is 0 Å². The van der Waals surface area contributed by atoms with Crippen molar-refractivity contribution in [3.8, 4) is 0 Å². The number of nitrogens with one attached hydrogen (secondary N) is 1. The molecule has 3 aromatic rings. The highest BCUT2D eigenvalue weighted by Gasteiger charge is 2.21. The van der Waals surface area contributed by atoms with E-state index in [1.54, 1.807) is 18.5 Å². The van der Waals surface area contributed by atoms with Gasteiger partial charge in [-0.2, -0.15) is 0 Å². The molecule has 2 aromatic heterocycles. The Morgan fingerprint density at radius 2 is 2.32 bits per heavy atom. The largest absolute Gasteiger partial charge is 0.461 e. The van der Waals surface area contributed by atoms with Crippen LogP contribution in [0, 0.1) is 5.82 Å². The fraction of sp³-hybridized carbons (Fsp3) is 0.214. The number of aliphatic hydroxyl groups is 1. The quantitative estimate of drug-likeness (QED) is 0.761. The smallest absolute Gasteiger partial charge is 0.170 e. The zero-order chi connectivity index (χ0) is 13.4. The molecule has 0 aliphatic carbocycles.